The Bertz CT molecular complexity index is 739. The minimum atomic E-state index is -1.00. The Labute approximate surface area is 146 Å². The zero-order valence-corrected chi connectivity index (χ0v) is 14.3. The Morgan fingerprint density at radius 1 is 1.20 bits per heavy atom. The van der Waals surface area contributed by atoms with Crippen molar-refractivity contribution in [3.63, 3.8) is 0 Å². The summed E-state index contributed by atoms with van der Waals surface area (Å²) in [5.41, 5.74) is 2.46. The van der Waals surface area contributed by atoms with Crippen LogP contribution >= 0.6 is 0 Å². The maximum absolute atomic E-state index is 11.5. The third-order valence-electron chi connectivity index (χ3n) is 3.93. The van der Waals surface area contributed by atoms with Crippen LogP contribution in [0.3, 0.4) is 0 Å². The average molecular weight is 343 g/mol. The molecular formula is C19H21NO5. The second-order valence-corrected chi connectivity index (χ2v) is 5.96. The molecule has 6 nitrogen and oxygen atoms in total. The summed E-state index contributed by atoms with van der Waals surface area (Å²) in [6.45, 7) is 1.31. The zero-order chi connectivity index (χ0) is 17.8. The molecule has 0 bridgehead atoms. The monoisotopic (exact) mass is 343 g/mol. The summed E-state index contributed by atoms with van der Waals surface area (Å²) >= 11 is 0. The van der Waals surface area contributed by atoms with E-state index in [1.807, 2.05) is 49.3 Å². The fourth-order valence-electron chi connectivity index (χ4n) is 2.69. The van der Waals surface area contributed by atoms with Crippen molar-refractivity contribution in [3.8, 4) is 5.75 Å². The van der Waals surface area contributed by atoms with E-state index in [2.05, 4.69) is 0 Å². The van der Waals surface area contributed by atoms with Gasteiger partial charge >= 0.3 is 5.97 Å². The van der Waals surface area contributed by atoms with Crippen molar-refractivity contribution >= 4 is 11.7 Å². The standard InChI is InChI=1S/C19H21NO5/c1-20(2)16-11-14(18(21)22)10-15(19-23-8-9-24-19)17(16)25-12-13-6-4-3-5-7-13/h3-7,10-11,19H,8-9,12H2,1-2H3,(H,21,22). The number of carboxylic acids is 1. The van der Waals surface area contributed by atoms with Crippen LogP contribution in [0.4, 0.5) is 5.69 Å². The van der Waals surface area contributed by atoms with Crippen LogP contribution in [0.25, 0.3) is 0 Å². The van der Waals surface area contributed by atoms with Gasteiger partial charge in [0.1, 0.15) is 6.61 Å². The van der Waals surface area contributed by atoms with Crippen LogP contribution < -0.4 is 9.64 Å². The lowest BCUT2D eigenvalue weighted by Crippen LogP contribution is -2.15. The molecule has 0 aromatic heterocycles. The number of carbonyl (C=O) groups is 1. The summed E-state index contributed by atoms with van der Waals surface area (Å²) in [5, 5.41) is 9.42. The first kappa shape index (κ1) is 17.3. The number of ether oxygens (including phenoxy) is 3. The van der Waals surface area contributed by atoms with Crippen LogP contribution in [0, 0.1) is 0 Å². The van der Waals surface area contributed by atoms with Crippen LogP contribution in [0.2, 0.25) is 0 Å². The number of carboxylic acid groups (broad SMARTS) is 1. The van der Waals surface area contributed by atoms with Gasteiger partial charge in [0, 0.05) is 14.1 Å². The second kappa shape index (κ2) is 7.55. The molecule has 1 fully saturated rings. The molecule has 0 unspecified atom stereocenters. The van der Waals surface area contributed by atoms with E-state index in [0.717, 1.165) is 5.56 Å². The number of rotatable bonds is 6. The molecule has 1 saturated heterocycles. The fourth-order valence-corrected chi connectivity index (χ4v) is 2.69. The molecule has 0 atom stereocenters. The zero-order valence-electron chi connectivity index (χ0n) is 14.3. The maximum Gasteiger partial charge on any atom is 0.335 e. The van der Waals surface area contributed by atoms with E-state index in [4.69, 9.17) is 14.2 Å². The average Bonchev–Trinajstić information content (AvgIpc) is 3.14. The van der Waals surface area contributed by atoms with E-state index in [0.29, 0.717) is 36.8 Å². The number of benzene rings is 2. The van der Waals surface area contributed by atoms with Crippen molar-refractivity contribution < 1.29 is 24.1 Å². The van der Waals surface area contributed by atoms with Gasteiger partial charge in [0.05, 0.1) is 30.0 Å². The molecule has 6 heteroatoms. The summed E-state index contributed by atoms with van der Waals surface area (Å²) in [5.74, 6) is -0.428. The van der Waals surface area contributed by atoms with Gasteiger partial charge in [0.15, 0.2) is 12.0 Å². The quantitative estimate of drug-likeness (QED) is 0.869. The first-order chi connectivity index (χ1) is 12.1. The molecule has 0 aliphatic carbocycles. The van der Waals surface area contributed by atoms with Gasteiger partial charge in [-0.3, -0.25) is 0 Å². The van der Waals surface area contributed by atoms with E-state index in [1.165, 1.54) is 0 Å². The molecule has 0 amide bonds. The van der Waals surface area contributed by atoms with Gasteiger partial charge in [-0.15, -0.1) is 0 Å². The lowest BCUT2D eigenvalue weighted by Gasteiger charge is -2.23. The van der Waals surface area contributed by atoms with E-state index in [-0.39, 0.29) is 5.56 Å². The Balaban J connectivity index is 2.01. The largest absolute Gasteiger partial charge is 0.486 e. The minimum Gasteiger partial charge on any atom is -0.486 e. The Kier molecular flexibility index (Phi) is 5.21. The molecule has 25 heavy (non-hydrogen) atoms. The van der Waals surface area contributed by atoms with E-state index >= 15 is 0 Å². The molecule has 1 heterocycles. The molecule has 132 valence electrons. The highest BCUT2D eigenvalue weighted by molar-refractivity contribution is 5.90. The van der Waals surface area contributed by atoms with E-state index in [1.54, 1.807) is 12.1 Å². The summed E-state index contributed by atoms with van der Waals surface area (Å²) in [6, 6.07) is 13.0. The highest BCUT2D eigenvalue weighted by Crippen LogP contribution is 2.39. The fraction of sp³-hybridized carbons (Fsp3) is 0.316. The topological polar surface area (TPSA) is 68.2 Å². The highest BCUT2D eigenvalue weighted by atomic mass is 16.7. The third-order valence-corrected chi connectivity index (χ3v) is 3.93. The predicted molar refractivity (Wildman–Crippen MR) is 93.1 cm³/mol. The number of hydrogen-bond donors (Lipinski definition) is 1. The smallest absolute Gasteiger partial charge is 0.335 e. The van der Waals surface area contributed by atoms with Crippen LogP contribution in [-0.4, -0.2) is 38.4 Å². The lowest BCUT2D eigenvalue weighted by atomic mass is 10.1. The molecule has 0 spiro atoms. The number of aromatic carboxylic acids is 1. The van der Waals surface area contributed by atoms with Crippen LogP contribution in [-0.2, 0) is 16.1 Å². The molecule has 1 aliphatic heterocycles. The number of anilines is 1. The summed E-state index contributed by atoms with van der Waals surface area (Å²) < 4.78 is 17.2. The first-order valence-corrected chi connectivity index (χ1v) is 8.04. The summed E-state index contributed by atoms with van der Waals surface area (Å²) in [4.78, 5) is 13.3. The molecule has 0 saturated carbocycles. The highest BCUT2D eigenvalue weighted by Gasteiger charge is 2.27. The van der Waals surface area contributed by atoms with E-state index < -0.39 is 12.3 Å². The summed E-state index contributed by atoms with van der Waals surface area (Å²) in [7, 11) is 3.69. The molecule has 0 radical (unpaired) electrons. The van der Waals surface area contributed by atoms with Crippen molar-refractivity contribution in [2.75, 3.05) is 32.2 Å². The molecule has 3 rings (SSSR count). The van der Waals surface area contributed by atoms with Crippen molar-refractivity contribution in [1.82, 2.24) is 0 Å². The van der Waals surface area contributed by atoms with Gasteiger partial charge in [-0.2, -0.15) is 0 Å². The normalized spacial score (nSPS) is 14.5. The van der Waals surface area contributed by atoms with Gasteiger partial charge in [-0.25, -0.2) is 4.79 Å². The SMILES string of the molecule is CN(C)c1cc(C(=O)O)cc(C2OCCO2)c1OCc1ccccc1. The van der Waals surface area contributed by atoms with Crippen LogP contribution in [0.5, 0.6) is 5.75 Å². The second-order valence-electron chi connectivity index (χ2n) is 5.96. The van der Waals surface area contributed by atoms with Gasteiger partial charge < -0.3 is 24.2 Å². The molecule has 2 aromatic rings. The van der Waals surface area contributed by atoms with Crippen molar-refractivity contribution in [3.05, 3.63) is 59.2 Å². The first-order valence-electron chi connectivity index (χ1n) is 8.04. The van der Waals surface area contributed by atoms with Crippen molar-refractivity contribution in [2.24, 2.45) is 0 Å². The predicted octanol–water partition coefficient (Wildman–Crippen LogP) is 3.08. The van der Waals surface area contributed by atoms with Gasteiger partial charge in [-0.05, 0) is 17.7 Å². The Hall–Kier alpha value is -2.57. The maximum atomic E-state index is 11.5. The molecule has 2 aromatic carbocycles. The van der Waals surface area contributed by atoms with Crippen molar-refractivity contribution in [2.45, 2.75) is 12.9 Å². The number of nitrogens with zero attached hydrogens (tertiary/aromatic N) is 1. The Morgan fingerprint density at radius 2 is 1.88 bits per heavy atom. The van der Waals surface area contributed by atoms with Crippen LogP contribution in [0.1, 0.15) is 27.8 Å². The van der Waals surface area contributed by atoms with Gasteiger partial charge in [0.25, 0.3) is 0 Å². The molecule has 1 N–H and O–H groups in total. The van der Waals surface area contributed by atoms with Crippen LogP contribution in [0.15, 0.2) is 42.5 Å². The van der Waals surface area contributed by atoms with Gasteiger partial charge in [-0.1, -0.05) is 30.3 Å². The Morgan fingerprint density at radius 3 is 2.48 bits per heavy atom. The van der Waals surface area contributed by atoms with Crippen molar-refractivity contribution in [1.29, 1.82) is 0 Å². The third kappa shape index (κ3) is 3.92. The number of hydrogen-bond acceptors (Lipinski definition) is 5. The van der Waals surface area contributed by atoms with Gasteiger partial charge in [0.2, 0.25) is 0 Å². The molecule has 1 aliphatic rings. The lowest BCUT2D eigenvalue weighted by molar-refractivity contribution is -0.0458. The molecular weight excluding hydrogens is 322 g/mol. The van der Waals surface area contributed by atoms with E-state index in [9.17, 15) is 9.90 Å². The summed E-state index contributed by atoms with van der Waals surface area (Å²) in [6.07, 6.45) is -0.622. The minimum absolute atomic E-state index is 0.171.